The van der Waals surface area contributed by atoms with Crippen LogP contribution in [0.1, 0.15) is 84.0 Å². The fourth-order valence-electron chi connectivity index (χ4n) is 6.82. The summed E-state index contributed by atoms with van der Waals surface area (Å²) in [5, 5.41) is 3.57. The van der Waals surface area contributed by atoms with Crippen LogP contribution in [0.4, 0.5) is 0 Å². The zero-order chi connectivity index (χ0) is 36.5. The van der Waals surface area contributed by atoms with Crippen molar-refractivity contribution in [2.24, 2.45) is 0 Å². The Bertz CT molecular complexity index is 1870. The van der Waals surface area contributed by atoms with Gasteiger partial charge in [-0.1, -0.05) is 132 Å². The average molecular weight is 791 g/mol. The molecule has 0 heterocycles. The summed E-state index contributed by atoms with van der Waals surface area (Å²) in [6, 6.07) is 33.9. The van der Waals surface area contributed by atoms with Gasteiger partial charge in [0.15, 0.2) is 0 Å². The number of rotatable bonds is 4. The Morgan fingerprint density at radius 3 is 1.65 bits per heavy atom. The molecule has 262 valence electrons. The minimum atomic E-state index is 0. The standard InChI is InChI=1S/C31H29.C9H5Cl2.2C4H9.Zr/c1-18-11-20(3)30(21(4)12-18)26-9-7-24-15-25-8-10-27(17-29(25)28(24)16-26)31-22(5)13-19(2)14-23(31)6;10-8-4-5-9(11)7-3-1-2-6(7)8;2*1-3-4-2;/h7,9-14,16-17H,15H2,1-6H3;1-5H;2*1,3-4H2,2H3;/q4*-1;+4. The van der Waals surface area contributed by atoms with E-state index in [1.54, 1.807) is 0 Å². The Kier molecular flexibility index (Phi) is 16.6. The van der Waals surface area contributed by atoms with Crippen molar-refractivity contribution in [3.05, 3.63) is 159 Å². The summed E-state index contributed by atoms with van der Waals surface area (Å²) in [5.41, 5.74) is 18.8. The third kappa shape index (κ3) is 10.4. The van der Waals surface area contributed by atoms with E-state index in [4.69, 9.17) is 23.2 Å². The van der Waals surface area contributed by atoms with E-state index in [-0.39, 0.29) is 26.2 Å². The molecule has 0 aromatic heterocycles. The van der Waals surface area contributed by atoms with Crippen molar-refractivity contribution in [1.82, 2.24) is 0 Å². The molecule has 7 rings (SSSR count). The van der Waals surface area contributed by atoms with Crippen molar-refractivity contribution >= 4 is 34.0 Å². The van der Waals surface area contributed by atoms with Gasteiger partial charge in [0.25, 0.3) is 0 Å². The first-order valence-corrected chi connectivity index (χ1v) is 18.6. The maximum atomic E-state index is 5.91. The fraction of sp³-hybridized carbons (Fsp3) is 0.271. The molecule has 0 aliphatic heterocycles. The average Bonchev–Trinajstić information content (AvgIpc) is 3.72. The van der Waals surface area contributed by atoms with Crippen molar-refractivity contribution < 1.29 is 26.2 Å². The largest absolute Gasteiger partial charge is 4.00 e. The minimum Gasteiger partial charge on any atom is -0.343 e. The zero-order valence-corrected chi connectivity index (χ0v) is 35.8. The van der Waals surface area contributed by atoms with Gasteiger partial charge in [0, 0.05) is 0 Å². The van der Waals surface area contributed by atoms with Gasteiger partial charge in [0.1, 0.15) is 0 Å². The zero-order valence-electron chi connectivity index (χ0n) is 31.8. The molecule has 0 amide bonds. The molecule has 0 N–H and O–H groups in total. The van der Waals surface area contributed by atoms with Crippen LogP contribution in [0.25, 0.3) is 44.2 Å². The molecule has 1 aliphatic carbocycles. The van der Waals surface area contributed by atoms with Crippen molar-refractivity contribution in [1.29, 1.82) is 0 Å². The van der Waals surface area contributed by atoms with E-state index in [9.17, 15) is 0 Å². The van der Waals surface area contributed by atoms with Crippen LogP contribution in [-0.4, -0.2) is 0 Å². The SMILES string of the molecule is Cc1cc(C)c(-c2c[c-]c3c(c2)-c2cc(-c4c(C)cc(C)cc4C)ccc2C3)c(C)c1.Clc1ccc(Cl)c2[cH-]ccc12.[CH2-]CCC.[CH2-]CCC.[Zr+4]. The normalized spacial score (nSPS) is 10.8. The molecule has 0 saturated heterocycles. The molecule has 3 heteroatoms. The monoisotopic (exact) mass is 788 g/mol. The molecule has 0 saturated carbocycles. The Morgan fingerprint density at radius 1 is 0.647 bits per heavy atom. The molecular formula is C48H52Cl2Zr. The minimum absolute atomic E-state index is 0. The Hall–Kier alpha value is -2.83. The van der Waals surface area contributed by atoms with Crippen LogP contribution < -0.4 is 0 Å². The number of benzene rings is 5. The number of hydrogen-bond acceptors (Lipinski definition) is 0. The molecule has 0 unspecified atom stereocenters. The third-order valence-corrected chi connectivity index (χ3v) is 9.80. The van der Waals surface area contributed by atoms with E-state index in [2.05, 4.69) is 130 Å². The van der Waals surface area contributed by atoms with Crippen LogP contribution >= 0.6 is 23.2 Å². The van der Waals surface area contributed by atoms with Crippen LogP contribution in [0.15, 0.2) is 84.9 Å². The molecule has 0 radical (unpaired) electrons. The molecule has 0 fully saturated rings. The molecule has 0 atom stereocenters. The maximum Gasteiger partial charge on any atom is 4.00 e. The van der Waals surface area contributed by atoms with Gasteiger partial charge in [-0.2, -0.15) is 48.7 Å². The summed E-state index contributed by atoms with van der Waals surface area (Å²) in [7, 11) is 0. The smallest absolute Gasteiger partial charge is 0.343 e. The fourth-order valence-corrected chi connectivity index (χ4v) is 7.27. The van der Waals surface area contributed by atoms with Gasteiger partial charge in [0.2, 0.25) is 0 Å². The summed E-state index contributed by atoms with van der Waals surface area (Å²) < 4.78 is 0. The first-order valence-electron chi connectivity index (χ1n) is 17.9. The van der Waals surface area contributed by atoms with Gasteiger partial charge >= 0.3 is 26.2 Å². The molecule has 0 nitrogen and oxygen atoms in total. The molecule has 0 bridgehead atoms. The summed E-state index contributed by atoms with van der Waals surface area (Å²) in [6.07, 6.45) is 5.53. The first-order chi connectivity index (χ1) is 23.9. The predicted molar refractivity (Wildman–Crippen MR) is 223 cm³/mol. The second-order valence-electron chi connectivity index (χ2n) is 13.5. The molecule has 51 heavy (non-hydrogen) atoms. The Labute approximate surface area is 338 Å². The van der Waals surface area contributed by atoms with E-state index in [0.29, 0.717) is 0 Å². The van der Waals surface area contributed by atoms with Gasteiger partial charge in [0.05, 0.1) is 0 Å². The number of unbranched alkanes of at least 4 members (excludes halogenated alkanes) is 2. The van der Waals surface area contributed by atoms with Crippen LogP contribution in [0.3, 0.4) is 0 Å². The molecule has 6 aromatic rings. The summed E-state index contributed by atoms with van der Waals surface area (Å²) in [4.78, 5) is 0. The van der Waals surface area contributed by atoms with Crippen LogP contribution in [0.5, 0.6) is 0 Å². The summed E-state index contributed by atoms with van der Waals surface area (Å²) in [5.74, 6) is 0. The van der Waals surface area contributed by atoms with Crippen molar-refractivity contribution in [3.63, 3.8) is 0 Å². The quantitative estimate of drug-likeness (QED) is 0.156. The van der Waals surface area contributed by atoms with Crippen LogP contribution in [-0.2, 0) is 32.6 Å². The number of hydrogen-bond donors (Lipinski definition) is 0. The topological polar surface area (TPSA) is 0 Å². The van der Waals surface area contributed by atoms with Gasteiger partial charge < -0.3 is 13.8 Å². The van der Waals surface area contributed by atoms with E-state index in [1.807, 2.05) is 30.3 Å². The summed E-state index contributed by atoms with van der Waals surface area (Å²) in [6.45, 7) is 24.7. The van der Waals surface area contributed by atoms with Crippen molar-refractivity contribution in [2.75, 3.05) is 0 Å². The van der Waals surface area contributed by atoms with Gasteiger partial charge in [-0.15, -0.1) is 39.6 Å². The van der Waals surface area contributed by atoms with Crippen molar-refractivity contribution in [2.45, 2.75) is 87.5 Å². The first kappa shape index (κ1) is 42.6. The predicted octanol–water partition coefficient (Wildman–Crippen LogP) is 15.3. The second kappa shape index (κ2) is 19.9. The van der Waals surface area contributed by atoms with E-state index in [1.165, 1.54) is 90.7 Å². The molecular weight excluding hydrogens is 739 g/mol. The van der Waals surface area contributed by atoms with E-state index < -0.39 is 0 Å². The Morgan fingerprint density at radius 2 is 1.14 bits per heavy atom. The molecule has 6 aromatic carbocycles. The molecule has 0 spiro atoms. The molecule has 1 aliphatic rings. The second-order valence-corrected chi connectivity index (χ2v) is 14.3. The van der Waals surface area contributed by atoms with E-state index >= 15 is 0 Å². The summed E-state index contributed by atoms with van der Waals surface area (Å²) >= 11 is 11.8. The van der Waals surface area contributed by atoms with E-state index in [0.717, 1.165) is 40.1 Å². The van der Waals surface area contributed by atoms with Crippen molar-refractivity contribution in [3.8, 4) is 33.4 Å². The van der Waals surface area contributed by atoms with Crippen LogP contribution in [0, 0.1) is 61.5 Å². The maximum absolute atomic E-state index is 5.91. The number of fused-ring (bicyclic) bond motifs is 4. The number of aryl methyl sites for hydroxylation is 6. The Balaban J connectivity index is 0.000000289. The van der Waals surface area contributed by atoms with Gasteiger partial charge in [-0.25, -0.2) is 0 Å². The number of halogens is 2. The van der Waals surface area contributed by atoms with Gasteiger partial charge in [-0.05, 0) is 80.3 Å². The third-order valence-electron chi connectivity index (χ3n) is 9.14. The van der Waals surface area contributed by atoms with Crippen LogP contribution in [0.2, 0.25) is 10.0 Å². The van der Waals surface area contributed by atoms with Gasteiger partial charge in [-0.3, -0.25) is 0 Å².